The topological polar surface area (TPSA) is 20.7 Å². The highest BCUT2D eigenvalue weighted by Crippen LogP contribution is 2.11. The fourth-order valence-corrected chi connectivity index (χ4v) is 1.73. The van der Waals surface area contributed by atoms with Crippen molar-refractivity contribution in [2.45, 2.75) is 13.3 Å². The lowest BCUT2D eigenvalue weighted by molar-refractivity contribution is 0.625. The molecule has 78 valence electrons. The Hall–Kier alpha value is -1.42. The van der Waals surface area contributed by atoms with Gasteiger partial charge in [0.1, 0.15) is 10.5 Å². The number of nitrogens with zero attached hydrogens (tertiary/aromatic N) is 1. The van der Waals surface area contributed by atoms with E-state index in [0.29, 0.717) is 4.64 Å². The minimum atomic E-state index is -0.262. The van der Waals surface area contributed by atoms with Gasteiger partial charge in [-0.2, -0.15) is 0 Å². The van der Waals surface area contributed by atoms with E-state index in [1.807, 2.05) is 19.1 Å². The van der Waals surface area contributed by atoms with Crippen molar-refractivity contribution in [2.75, 3.05) is 0 Å². The van der Waals surface area contributed by atoms with Gasteiger partial charge in [-0.1, -0.05) is 25.2 Å². The summed E-state index contributed by atoms with van der Waals surface area (Å²) in [6.45, 7) is 2.04. The van der Waals surface area contributed by atoms with Crippen molar-refractivity contribution in [3.63, 3.8) is 0 Å². The fraction of sp³-hybridized carbons (Fsp3) is 0.182. The number of aryl methyl sites for hydroxylation is 1. The number of halogens is 1. The van der Waals surface area contributed by atoms with E-state index in [2.05, 4.69) is 5.10 Å². The summed E-state index contributed by atoms with van der Waals surface area (Å²) in [4.78, 5) is 0. The zero-order valence-corrected chi connectivity index (χ0v) is 9.14. The van der Waals surface area contributed by atoms with Crippen molar-refractivity contribution < 1.29 is 4.39 Å². The Morgan fingerprint density at radius 3 is 2.80 bits per heavy atom. The molecule has 4 heteroatoms. The van der Waals surface area contributed by atoms with Crippen LogP contribution in [0.4, 0.5) is 4.39 Å². The van der Waals surface area contributed by atoms with Gasteiger partial charge in [0.15, 0.2) is 0 Å². The lowest BCUT2D eigenvalue weighted by Crippen LogP contribution is -1.97. The van der Waals surface area contributed by atoms with Gasteiger partial charge in [0.05, 0.1) is 5.69 Å². The number of hydrogen-bond acceptors (Lipinski definition) is 1. The smallest absolute Gasteiger partial charge is 0.127 e. The minimum Gasteiger partial charge on any atom is -0.297 e. The maximum atomic E-state index is 13.0. The Morgan fingerprint density at radius 1 is 1.40 bits per heavy atom. The maximum Gasteiger partial charge on any atom is 0.127 e. The predicted octanol–water partition coefficient (Wildman–Crippen LogP) is 3.24. The Bertz CT molecular complexity index is 527. The van der Waals surface area contributed by atoms with Gasteiger partial charge in [-0.15, -0.1) is 0 Å². The number of benzene rings is 1. The van der Waals surface area contributed by atoms with E-state index in [0.717, 1.165) is 17.8 Å². The second kappa shape index (κ2) is 3.98. The van der Waals surface area contributed by atoms with Gasteiger partial charge < -0.3 is 0 Å². The minimum absolute atomic E-state index is 0.262. The summed E-state index contributed by atoms with van der Waals surface area (Å²) in [5.41, 5.74) is 1.77. The van der Waals surface area contributed by atoms with Crippen LogP contribution < -0.4 is 0 Å². The number of rotatable bonds is 2. The van der Waals surface area contributed by atoms with E-state index in [1.165, 1.54) is 12.1 Å². The van der Waals surface area contributed by atoms with Crippen LogP contribution in [-0.2, 0) is 6.42 Å². The average molecular weight is 222 g/mol. The molecule has 0 amide bonds. The second-order valence-electron chi connectivity index (χ2n) is 3.29. The van der Waals surface area contributed by atoms with Crippen LogP contribution >= 0.6 is 12.2 Å². The molecule has 1 heterocycles. The molecule has 0 unspecified atom stereocenters. The summed E-state index contributed by atoms with van der Waals surface area (Å²) in [6, 6.07) is 8.23. The van der Waals surface area contributed by atoms with E-state index in [-0.39, 0.29) is 5.82 Å². The van der Waals surface area contributed by atoms with Gasteiger partial charge >= 0.3 is 0 Å². The molecular weight excluding hydrogens is 211 g/mol. The van der Waals surface area contributed by atoms with Gasteiger partial charge in [-0.3, -0.25) is 5.10 Å². The average Bonchev–Trinajstić information content (AvgIpc) is 2.60. The lowest BCUT2D eigenvalue weighted by atomic mass is 10.3. The molecule has 0 radical (unpaired) electrons. The van der Waals surface area contributed by atoms with E-state index in [1.54, 1.807) is 10.7 Å². The highest BCUT2D eigenvalue weighted by molar-refractivity contribution is 7.71. The molecular formula is C11H11FN2S. The molecule has 15 heavy (non-hydrogen) atoms. The van der Waals surface area contributed by atoms with Gasteiger partial charge in [-0.25, -0.2) is 9.07 Å². The molecule has 2 aromatic rings. The molecule has 0 aliphatic carbocycles. The van der Waals surface area contributed by atoms with Crippen LogP contribution in [0.5, 0.6) is 0 Å². The van der Waals surface area contributed by atoms with E-state index >= 15 is 0 Å². The van der Waals surface area contributed by atoms with E-state index in [4.69, 9.17) is 12.2 Å². The highest BCUT2D eigenvalue weighted by Gasteiger charge is 2.01. The molecule has 1 aromatic heterocycles. The Morgan fingerprint density at radius 2 is 2.20 bits per heavy atom. The first kappa shape index (κ1) is 10.1. The lowest BCUT2D eigenvalue weighted by Gasteiger charge is -2.02. The van der Waals surface area contributed by atoms with Gasteiger partial charge in [0.2, 0.25) is 0 Å². The third-order valence-corrected chi connectivity index (χ3v) is 2.52. The van der Waals surface area contributed by atoms with Crippen LogP contribution in [0, 0.1) is 10.5 Å². The van der Waals surface area contributed by atoms with Gasteiger partial charge in [0.25, 0.3) is 0 Å². The molecule has 1 N–H and O–H groups in total. The quantitative estimate of drug-likeness (QED) is 0.774. The highest BCUT2D eigenvalue weighted by atomic mass is 32.1. The molecule has 0 spiro atoms. The summed E-state index contributed by atoms with van der Waals surface area (Å²) < 4.78 is 15.4. The summed E-state index contributed by atoms with van der Waals surface area (Å²) in [5.74, 6) is -0.262. The predicted molar refractivity (Wildman–Crippen MR) is 60.3 cm³/mol. The van der Waals surface area contributed by atoms with Crippen LogP contribution in [0.2, 0.25) is 0 Å². The summed E-state index contributed by atoms with van der Waals surface area (Å²) >= 11 is 5.17. The molecule has 0 aliphatic heterocycles. The first-order valence-corrected chi connectivity index (χ1v) is 5.18. The molecule has 0 aliphatic rings. The molecule has 2 rings (SSSR count). The number of H-pyrrole nitrogens is 1. The Labute approximate surface area is 92.3 Å². The Balaban J connectivity index is 2.54. The Kier molecular flexibility index (Phi) is 2.68. The number of nitrogens with one attached hydrogen (secondary N) is 1. The standard InChI is InChI=1S/C11H11FN2S/c1-2-9-7-11(15)14(13-9)10-5-3-4-8(12)6-10/h3-7,13H,2H2,1H3. The van der Waals surface area contributed by atoms with Crippen molar-refractivity contribution in [1.82, 2.24) is 9.78 Å². The third-order valence-electron chi connectivity index (χ3n) is 2.22. The monoisotopic (exact) mass is 222 g/mol. The molecule has 2 nitrogen and oxygen atoms in total. The molecule has 0 atom stereocenters. The molecule has 0 saturated carbocycles. The van der Waals surface area contributed by atoms with Gasteiger partial charge in [-0.05, 0) is 30.7 Å². The number of hydrogen-bond donors (Lipinski definition) is 1. The van der Waals surface area contributed by atoms with Gasteiger partial charge in [0, 0.05) is 5.69 Å². The summed E-state index contributed by atoms with van der Waals surface area (Å²) in [6.07, 6.45) is 0.881. The summed E-state index contributed by atoms with van der Waals surface area (Å²) in [7, 11) is 0. The third kappa shape index (κ3) is 1.99. The number of aromatic amines is 1. The van der Waals surface area contributed by atoms with Crippen LogP contribution in [0.3, 0.4) is 0 Å². The van der Waals surface area contributed by atoms with Crippen LogP contribution in [-0.4, -0.2) is 9.78 Å². The van der Waals surface area contributed by atoms with Crippen molar-refractivity contribution in [2.24, 2.45) is 0 Å². The zero-order chi connectivity index (χ0) is 10.8. The maximum absolute atomic E-state index is 13.0. The molecule has 0 fully saturated rings. The first-order valence-electron chi connectivity index (χ1n) is 4.77. The summed E-state index contributed by atoms with van der Waals surface area (Å²) in [5, 5.41) is 3.12. The van der Waals surface area contributed by atoms with Crippen LogP contribution in [0.15, 0.2) is 30.3 Å². The van der Waals surface area contributed by atoms with Crippen molar-refractivity contribution >= 4 is 12.2 Å². The fourth-order valence-electron chi connectivity index (χ4n) is 1.43. The van der Waals surface area contributed by atoms with Crippen molar-refractivity contribution in [3.05, 3.63) is 46.5 Å². The van der Waals surface area contributed by atoms with Crippen LogP contribution in [0.25, 0.3) is 5.69 Å². The SMILES string of the molecule is CCc1cc(=S)n(-c2cccc(F)c2)[nH]1. The molecule has 0 saturated heterocycles. The first-order chi connectivity index (χ1) is 7.20. The molecule has 1 aromatic carbocycles. The van der Waals surface area contributed by atoms with Crippen molar-refractivity contribution in [3.8, 4) is 5.69 Å². The zero-order valence-electron chi connectivity index (χ0n) is 8.33. The van der Waals surface area contributed by atoms with Crippen molar-refractivity contribution in [1.29, 1.82) is 0 Å². The van der Waals surface area contributed by atoms with E-state index < -0.39 is 0 Å². The second-order valence-corrected chi connectivity index (χ2v) is 3.71. The van der Waals surface area contributed by atoms with E-state index in [9.17, 15) is 4.39 Å². The normalized spacial score (nSPS) is 10.5. The number of aromatic nitrogens is 2. The molecule has 0 bridgehead atoms. The largest absolute Gasteiger partial charge is 0.297 e. The van der Waals surface area contributed by atoms with Crippen LogP contribution in [0.1, 0.15) is 12.6 Å².